The highest BCUT2D eigenvalue weighted by Gasteiger charge is 2.47. The number of likely N-dealkylation sites (N-methyl/N-ethyl adjacent to an activating group) is 1. The zero-order valence-corrected chi connectivity index (χ0v) is 18.7. The van der Waals surface area contributed by atoms with Gasteiger partial charge >= 0.3 is 5.97 Å². The fourth-order valence-electron chi connectivity index (χ4n) is 4.45. The third-order valence-electron chi connectivity index (χ3n) is 6.36. The predicted octanol–water partition coefficient (Wildman–Crippen LogP) is -0.204. The summed E-state index contributed by atoms with van der Waals surface area (Å²) in [6, 6.07) is 0. The van der Waals surface area contributed by atoms with E-state index in [1.807, 2.05) is 0 Å². The van der Waals surface area contributed by atoms with Crippen LogP contribution in [-0.2, 0) is 14.3 Å². The van der Waals surface area contributed by atoms with E-state index in [0.717, 1.165) is 12.8 Å². The van der Waals surface area contributed by atoms with E-state index in [2.05, 4.69) is 32.1 Å². The Morgan fingerprint density at radius 3 is 2.65 bits per heavy atom. The Morgan fingerprint density at radius 1 is 1.24 bits per heavy atom. The maximum absolute atomic E-state index is 12.2. The lowest BCUT2D eigenvalue weighted by Gasteiger charge is -2.24. The highest BCUT2D eigenvalue weighted by molar-refractivity contribution is 5.83. The van der Waals surface area contributed by atoms with E-state index in [0.29, 0.717) is 31.7 Å². The molecule has 12 heteroatoms. The van der Waals surface area contributed by atoms with Crippen molar-refractivity contribution in [1.29, 1.82) is 0 Å². The highest BCUT2D eigenvalue weighted by atomic mass is 16.6. The smallest absolute Gasteiger partial charge is 0.306 e. The van der Waals surface area contributed by atoms with Gasteiger partial charge in [0, 0.05) is 13.0 Å². The van der Waals surface area contributed by atoms with Crippen LogP contribution in [0.2, 0.25) is 0 Å². The van der Waals surface area contributed by atoms with Crippen LogP contribution >= 0.6 is 0 Å². The number of carboxylic acid groups (broad SMARTS) is 1. The molecule has 0 radical (unpaired) electrons. The largest absolute Gasteiger partial charge is 0.481 e. The van der Waals surface area contributed by atoms with Crippen molar-refractivity contribution in [3.05, 3.63) is 12.2 Å². The Labute approximate surface area is 195 Å². The van der Waals surface area contributed by atoms with Crippen molar-refractivity contribution in [1.82, 2.24) is 24.8 Å². The van der Waals surface area contributed by atoms with Gasteiger partial charge in [0.15, 0.2) is 23.8 Å². The summed E-state index contributed by atoms with van der Waals surface area (Å²) in [4.78, 5) is 36.0. The molecule has 6 N–H and O–H groups in total. The molecular formula is C22H28N6O6. The monoisotopic (exact) mass is 472 g/mol. The molecule has 2 unspecified atom stereocenters. The number of carbonyl (C=O) groups is 2. The first kappa shape index (κ1) is 23.9. The molecular weight excluding hydrogens is 444 g/mol. The third-order valence-corrected chi connectivity index (χ3v) is 6.36. The molecule has 0 bridgehead atoms. The summed E-state index contributed by atoms with van der Waals surface area (Å²) in [6.07, 6.45) is -0.281. The van der Waals surface area contributed by atoms with Crippen LogP contribution in [0.3, 0.4) is 0 Å². The Kier molecular flexibility index (Phi) is 6.97. The van der Waals surface area contributed by atoms with Gasteiger partial charge in [0.25, 0.3) is 5.91 Å². The van der Waals surface area contributed by atoms with Crippen molar-refractivity contribution in [3.63, 3.8) is 0 Å². The van der Waals surface area contributed by atoms with Crippen LogP contribution in [-0.4, -0.2) is 71.6 Å². The van der Waals surface area contributed by atoms with Gasteiger partial charge in [-0.15, -0.1) is 0 Å². The lowest BCUT2D eigenvalue weighted by molar-refractivity contribution is -0.143. The van der Waals surface area contributed by atoms with E-state index in [1.54, 1.807) is 6.92 Å². The van der Waals surface area contributed by atoms with Crippen molar-refractivity contribution >= 4 is 28.9 Å². The molecule has 2 aromatic heterocycles. The number of nitrogens with two attached hydrogens (primary N) is 1. The number of anilines is 1. The summed E-state index contributed by atoms with van der Waals surface area (Å²) >= 11 is 0. The van der Waals surface area contributed by atoms with Crippen LogP contribution in [0.15, 0.2) is 6.33 Å². The van der Waals surface area contributed by atoms with Gasteiger partial charge in [0.1, 0.15) is 17.7 Å². The second-order valence-electron chi connectivity index (χ2n) is 8.64. The molecule has 1 amide bonds. The molecule has 2 aromatic rings. The number of ether oxygens (including phenoxy) is 1. The van der Waals surface area contributed by atoms with Crippen molar-refractivity contribution in [2.45, 2.75) is 63.6 Å². The van der Waals surface area contributed by atoms with Gasteiger partial charge in [-0.05, 0) is 44.4 Å². The zero-order valence-electron chi connectivity index (χ0n) is 18.7. The molecule has 3 heterocycles. The van der Waals surface area contributed by atoms with Crippen LogP contribution in [0.5, 0.6) is 0 Å². The average Bonchev–Trinajstić information content (AvgIpc) is 3.36. The second-order valence-corrected chi connectivity index (χ2v) is 8.64. The summed E-state index contributed by atoms with van der Waals surface area (Å²) < 4.78 is 7.05. The number of carboxylic acids is 1. The molecule has 12 nitrogen and oxygen atoms in total. The normalized spacial score (nSPS) is 28.9. The van der Waals surface area contributed by atoms with Gasteiger partial charge in [-0.3, -0.25) is 14.2 Å². The number of hydrogen-bond donors (Lipinski definition) is 5. The SMILES string of the molecule is CCNC(=O)[C@H]1O[C@@H](n2cnc3c(N)nc(C#CCC4CCC(C(=O)O)CC4)nc32)C(O)C1O. The lowest BCUT2D eigenvalue weighted by atomic mass is 9.81. The lowest BCUT2D eigenvalue weighted by Crippen LogP contribution is -2.42. The minimum atomic E-state index is -1.43. The fraction of sp³-hybridized carbons (Fsp3) is 0.591. The summed E-state index contributed by atoms with van der Waals surface area (Å²) in [5, 5.41) is 32.5. The molecule has 2 fully saturated rings. The first-order valence-electron chi connectivity index (χ1n) is 11.3. The quantitative estimate of drug-likeness (QED) is 0.365. The first-order chi connectivity index (χ1) is 16.3. The van der Waals surface area contributed by atoms with Gasteiger partial charge in [-0.1, -0.05) is 5.92 Å². The number of aliphatic carboxylic acids is 1. The maximum Gasteiger partial charge on any atom is 0.306 e. The number of amides is 1. The van der Waals surface area contributed by atoms with Gasteiger partial charge in [0.2, 0.25) is 5.82 Å². The van der Waals surface area contributed by atoms with E-state index in [9.17, 15) is 19.8 Å². The number of aliphatic hydroxyl groups is 2. The second kappa shape index (κ2) is 9.92. The summed E-state index contributed by atoms with van der Waals surface area (Å²) in [5.74, 6) is 5.02. The summed E-state index contributed by atoms with van der Waals surface area (Å²) in [5.41, 5.74) is 6.57. The number of carbonyl (C=O) groups excluding carboxylic acids is 1. The molecule has 0 spiro atoms. The van der Waals surface area contributed by atoms with Crippen molar-refractivity contribution < 1.29 is 29.6 Å². The van der Waals surface area contributed by atoms with Gasteiger partial charge < -0.3 is 31.1 Å². The molecule has 2 aliphatic rings. The van der Waals surface area contributed by atoms with E-state index >= 15 is 0 Å². The Morgan fingerprint density at radius 2 is 1.97 bits per heavy atom. The number of fused-ring (bicyclic) bond motifs is 1. The molecule has 4 rings (SSSR count). The number of imidazole rings is 1. The number of nitrogens with one attached hydrogen (secondary N) is 1. The first-order valence-corrected chi connectivity index (χ1v) is 11.3. The van der Waals surface area contributed by atoms with Gasteiger partial charge in [0.05, 0.1) is 12.2 Å². The third kappa shape index (κ3) is 4.68. The minimum Gasteiger partial charge on any atom is -0.481 e. The number of hydrogen-bond acceptors (Lipinski definition) is 9. The molecule has 4 atom stereocenters. The summed E-state index contributed by atoms with van der Waals surface area (Å²) in [6.45, 7) is 2.09. The molecule has 182 valence electrons. The Bertz CT molecular complexity index is 1130. The van der Waals surface area contributed by atoms with E-state index in [-0.39, 0.29) is 28.7 Å². The average molecular weight is 473 g/mol. The molecule has 1 saturated carbocycles. The molecule has 1 aliphatic heterocycles. The topological polar surface area (TPSA) is 186 Å². The predicted molar refractivity (Wildman–Crippen MR) is 119 cm³/mol. The fourth-order valence-corrected chi connectivity index (χ4v) is 4.45. The van der Waals surface area contributed by atoms with Crippen LogP contribution in [0.4, 0.5) is 5.82 Å². The number of aliphatic hydroxyl groups excluding tert-OH is 2. The molecule has 34 heavy (non-hydrogen) atoms. The van der Waals surface area contributed by atoms with E-state index in [4.69, 9.17) is 15.6 Å². The highest BCUT2D eigenvalue weighted by Crippen LogP contribution is 2.33. The van der Waals surface area contributed by atoms with Crippen LogP contribution in [0, 0.1) is 23.7 Å². The van der Waals surface area contributed by atoms with Crippen LogP contribution < -0.4 is 11.1 Å². The van der Waals surface area contributed by atoms with Crippen LogP contribution in [0.1, 0.15) is 51.1 Å². The number of aromatic nitrogens is 4. The van der Waals surface area contributed by atoms with Crippen LogP contribution in [0.25, 0.3) is 11.2 Å². The van der Waals surface area contributed by atoms with E-state index in [1.165, 1.54) is 10.9 Å². The van der Waals surface area contributed by atoms with Gasteiger partial charge in [-0.2, -0.15) is 0 Å². The van der Waals surface area contributed by atoms with Crippen molar-refractivity contribution in [2.75, 3.05) is 12.3 Å². The number of nitrogens with zero attached hydrogens (tertiary/aromatic N) is 4. The molecule has 0 aromatic carbocycles. The van der Waals surface area contributed by atoms with Crippen molar-refractivity contribution in [3.8, 4) is 11.8 Å². The minimum absolute atomic E-state index is 0.100. The molecule has 1 aliphatic carbocycles. The molecule has 1 saturated heterocycles. The van der Waals surface area contributed by atoms with E-state index < -0.39 is 36.4 Å². The Balaban J connectivity index is 1.52. The van der Waals surface area contributed by atoms with Crippen molar-refractivity contribution in [2.24, 2.45) is 11.8 Å². The number of nitrogen functional groups attached to an aromatic ring is 1. The summed E-state index contributed by atoms with van der Waals surface area (Å²) in [7, 11) is 0. The number of rotatable bonds is 5. The van der Waals surface area contributed by atoms with Gasteiger partial charge in [-0.25, -0.2) is 15.0 Å². The Hall–Kier alpha value is -3.27. The zero-order chi connectivity index (χ0) is 24.4. The maximum atomic E-state index is 12.2. The standard InChI is InChI=1S/C22H28N6O6/c1-2-24-20(31)17-15(29)16(30)21(34-17)28-10-25-14-18(23)26-13(27-19(14)28)5-3-4-11-6-8-12(9-7-11)22(32)33/h10-12,15-17,21,29-30H,2,4,6-9H2,1H3,(H,24,31)(H,32,33)(H2,23,26,27)/t11?,12?,15?,16?,17-,21+/m0/s1.